The molecule has 0 heterocycles. The summed E-state index contributed by atoms with van der Waals surface area (Å²) in [6.07, 6.45) is 16.4. The molecule has 0 nitrogen and oxygen atoms in total. The second-order valence-electron chi connectivity index (χ2n) is 10.8. The lowest BCUT2D eigenvalue weighted by molar-refractivity contribution is 0.165. The first-order chi connectivity index (χ1) is 15.7. The Hall–Kier alpha value is -1.63. The van der Waals surface area contributed by atoms with Crippen molar-refractivity contribution in [3.05, 3.63) is 70.8 Å². The fourth-order valence-corrected chi connectivity index (χ4v) is 6.22. The molecule has 2 aliphatic rings. The number of unbranched alkanes of at least 4 members (excludes halogenated alkanes) is 1. The molecule has 0 N–H and O–H groups in total. The van der Waals surface area contributed by atoms with E-state index in [2.05, 4.69) is 55.5 Å². The lowest BCUT2D eigenvalue weighted by atomic mass is 9.68. The average molecular weight is 435 g/mol. The van der Waals surface area contributed by atoms with Gasteiger partial charge in [-0.25, -0.2) is 0 Å². The average Bonchev–Trinajstić information content (AvgIpc) is 2.85. The highest BCUT2D eigenvalue weighted by molar-refractivity contribution is 5.28. The predicted molar refractivity (Wildman–Crippen MR) is 135 cm³/mol. The van der Waals surface area contributed by atoms with E-state index in [1.54, 1.807) is 5.56 Å². The number of rotatable bonds is 9. The molecule has 0 aromatic heterocycles. The van der Waals surface area contributed by atoms with Gasteiger partial charge in [0.2, 0.25) is 0 Å². The van der Waals surface area contributed by atoms with Crippen molar-refractivity contribution < 1.29 is 4.39 Å². The molecule has 2 aromatic carbocycles. The van der Waals surface area contributed by atoms with E-state index in [-0.39, 0.29) is 6.67 Å². The molecule has 0 atom stereocenters. The van der Waals surface area contributed by atoms with Crippen molar-refractivity contribution in [3.8, 4) is 0 Å². The van der Waals surface area contributed by atoms with Crippen molar-refractivity contribution in [3.63, 3.8) is 0 Å². The molecular formula is C31H43F. The zero-order chi connectivity index (χ0) is 22.2. The Labute approximate surface area is 196 Å². The summed E-state index contributed by atoms with van der Waals surface area (Å²) in [6.45, 7) is 2.24. The predicted octanol–water partition coefficient (Wildman–Crippen LogP) is 8.86. The molecular weight excluding hydrogens is 391 g/mol. The molecule has 2 aliphatic carbocycles. The van der Waals surface area contributed by atoms with Crippen LogP contribution in [0, 0.1) is 17.8 Å². The summed E-state index contributed by atoms with van der Waals surface area (Å²) >= 11 is 0. The van der Waals surface area contributed by atoms with Crippen LogP contribution in [0.4, 0.5) is 4.39 Å². The lowest BCUT2D eigenvalue weighted by Gasteiger charge is -2.37. The Morgan fingerprint density at radius 3 is 1.59 bits per heavy atom. The Balaban J connectivity index is 1.21. The van der Waals surface area contributed by atoms with E-state index in [1.807, 2.05) is 0 Å². The molecule has 2 saturated carbocycles. The van der Waals surface area contributed by atoms with Crippen molar-refractivity contribution in [2.45, 2.75) is 96.3 Å². The number of halogens is 1. The number of aryl methyl sites for hydroxylation is 3. The minimum absolute atomic E-state index is 0.196. The van der Waals surface area contributed by atoms with Crippen LogP contribution in [0.2, 0.25) is 0 Å². The molecule has 2 fully saturated rings. The van der Waals surface area contributed by atoms with E-state index in [0.717, 1.165) is 49.4 Å². The second kappa shape index (κ2) is 12.0. The van der Waals surface area contributed by atoms with E-state index in [0.29, 0.717) is 6.42 Å². The molecule has 0 amide bonds. The van der Waals surface area contributed by atoms with Gasteiger partial charge in [-0.2, -0.15) is 0 Å². The number of hydrogen-bond donors (Lipinski definition) is 0. The van der Waals surface area contributed by atoms with Gasteiger partial charge >= 0.3 is 0 Å². The molecule has 0 aliphatic heterocycles. The summed E-state index contributed by atoms with van der Waals surface area (Å²) in [5.74, 6) is 3.79. The van der Waals surface area contributed by atoms with E-state index in [9.17, 15) is 4.39 Å². The van der Waals surface area contributed by atoms with Crippen LogP contribution in [-0.2, 0) is 19.3 Å². The lowest BCUT2D eigenvalue weighted by Crippen LogP contribution is -2.24. The standard InChI is InChI=1S/C31H43F/c1-24-5-15-28(16-6-24)30-19-21-31(22-20-30)29-17-13-27(14-18-29)12-11-26-9-7-25(8-10-26)4-2-3-23-32/h7-10,13-14,17-18,24,28,30-31H,2-6,11-12,15-16,19-23H2,1H3/t24-,28-,30?,31?. The fraction of sp³-hybridized carbons (Fsp3) is 0.613. The van der Waals surface area contributed by atoms with Crippen molar-refractivity contribution in [1.82, 2.24) is 0 Å². The normalized spacial score (nSPS) is 26.2. The zero-order valence-corrected chi connectivity index (χ0v) is 20.2. The Morgan fingerprint density at radius 2 is 1.06 bits per heavy atom. The largest absolute Gasteiger partial charge is 0.251 e. The SMILES string of the molecule is C[C@H]1CC[C@H](C2CCC(c3ccc(CCc4ccc(CCCCF)cc4)cc3)CC2)CC1. The van der Waals surface area contributed by atoms with Crippen molar-refractivity contribution in [1.29, 1.82) is 0 Å². The summed E-state index contributed by atoms with van der Waals surface area (Å²) in [5.41, 5.74) is 5.76. The summed E-state index contributed by atoms with van der Waals surface area (Å²) in [6, 6.07) is 18.5. The van der Waals surface area contributed by atoms with Crippen molar-refractivity contribution in [2.24, 2.45) is 17.8 Å². The van der Waals surface area contributed by atoms with E-state index >= 15 is 0 Å². The van der Waals surface area contributed by atoms with Crippen LogP contribution in [0.5, 0.6) is 0 Å². The molecule has 0 unspecified atom stereocenters. The summed E-state index contributed by atoms with van der Waals surface area (Å²) in [4.78, 5) is 0. The third-order valence-corrected chi connectivity index (χ3v) is 8.52. The van der Waals surface area contributed by atoms with Gasteiger partial charge in [-0.15, -0.1) is 0 Å². The van der Waals surface area contributed by atoms with E-state index < -0.39 is 0 Å². The first kappa shape index (κ1) is 23.5. The summed E-state index contributed by atoms with van der Waals surface area (Å²) < 4.78 is 12.2. The minimum Gasteiger partial charge on any atom is -0.251 e. The van der Waals surface area contributed by atoms with Gasteiger partial charge in [0.25, 0.3) is 0 Å². The molecule has 0 bridgehead atoms. The van der Waals surface area contributed by atoms with Crippen LogP contribution in [0.15, 0.2) is 48.5 Å². The second-order valence-corrected chi connectivity index (χ2v) is 10.8. The van der Waals surface area contributed by atoms with Gasteiger partial charge in [-0.05, 0) is 117 Å². The zero-order valence-electron chi connectivity index (χ0n) is 20.2. The topological polar surface area (TPSA) is 0 Å². The first-order valence-corrected chi connectivity index (χ1v) is 13.4. The Bertz CT molecular complexity index is 774. The molecule has 2 aromatic rings. The molecule has 32 heavy (non-hydrogen) atoms. The monoisotopic (exact) mass is 434 g/mol. The minimum atomic E-state index is -0.196. The van der Waals surface area contributed by atoms with Gasteiger partial charge < -0.3 is 0 Å². The smallest absolute Gasteiger partial charge is 0.0894 e. The van der Waals surface area contributed by atoms with Gasteiger partial charge in [0.05, 0.1) is 6.67 Å². The molecule has 0 spiro atoms. The van der Waals surface area contributed by atoms with Crippen LogP contribution >= 0.6 is 0 Å². The van der Waals surface area contributed by atoms with Gasteiger partial charge in [0.15, 0.2) is 0 Å². The Morgan fingerprint density at radius 1 is 0.594 bits per heavy atom. The van der Waals surface area contributed by atoms with Gasteiger partial charge in [-0.3, -0.25) is 4.39 Å². The quantitative estimate of drug-likeness (QED) is 0.346. The third-order valence-electron chi connectivity index (χ3n) is 8.52. The van der Waals surface area contributed by atoms with Gasteiger partial charge in [0.1, 0.15) is 0 Å². The molecule has 0 radical (unpaired) electrons. The maximum absolute atomic E-state index is 12.2. The highest BCUT2D eigenvalue weighted by atomic mass is 19.1. The van der Waals surface area contributed by atoms with Crippen molar-refractivity contribution >= 4 is 0 Å². The fourth-order valence-electron chi connectivity index (χ4n) is 6.22. The summed E-state index contributed by atoms with van der Waals surface area (Å²) in [5, 5.41) is 0. The molecule has 4 rings (SSSR count). The summed E-state index contributed by atoms with van der Waals surface area (Å²) in [7, 11) is 0. The maximum atomic E-state index is 12.2. The molecule has 174 valence electrons. The van der Waals surface area contributed by atoms with Crippen LogP contribution in [0.1, 0.15) is 99.3 Å². The van der Waals surface area contributed by atoms with Crippen LogP contribution < -0.4 is 0 Å². The number of hydrogen-bond acceptors (Lipinski definition) is 0. The number of benzene rings is 2. The molecule has 0 saturated heterocycles. The maximum Gasteiger partial charge on any atom is 0.0894 e. The van der Waals surface area contributed by atoms with Crippen LogP contribution in [0.25, 0.3) is 0 Å². The van der Waals surface area contributed by atoms with Gasteiger partial charge in [0, 0.05) is 0 Å². The van der Waals surface area contributed by atoms with E-state index in [1.165, 1.54) is 68.1 Å². The highest BCUT2D eigenvalue weighted by Crippen LogP contribution is 2.43. The Kier molecular flexibility index (Phi) is 8.83. The number of alkyl halides is 1. The van der Waals surface area contributed by atoms with Crippen molar-refractivity contribution in [2.75, 3.05) is 6.67 Å². The van der Waals surface area contributed by atoms with Gasteiger partial charge in [-0.1, -0.05) is 68.3 Å². The first-order valence-electron chi connectivity index (χ1n) is 13.4. The highest BCUT2D eigenvalue weighted by Gasteiger charge is 2.30. The third kappa shape index (κ3) is 6.69. The van der Waals surface area contributed by atoms with Crippen LogP contribution in [0.3, 0.4) is 0 Å². The van der Waals surface area contributed by atoms with Crippen LogP contribution in [-0.4, -0.2) is 6.67 Å². The van der Waals surface area contributed by atoms with E-state index in [4.69, 9.17) is 0 Å². The molecule has 1 heteroatoms.